The van der Waals surface area contributed by atoms with Crippen molar-refractivity contribution in [2.75, 3.05) is 13.7 Å². The Hall–Kier alpha value is -2.66. The average molecular weight is 598 g/mol. The van der Waals surface area contributed by atoms with Crippen LogP contribution in [0.15, 0.2) is 72.4 Å². The van der Waals surface area contributed by atoms with Crippen LogP contribution in [-0.4, -0.2) is 80.5 Å². The molecule has 0 spiro atoms. The molecule has 1 unspecified atom stereocenters. The molecule has 1 amide bonds. The number of aliphatic hydroxyl groups excluding tert-OH is 1. The van der Waals surface area contributed by atoms with Crippen LogP contribution in [0.4, 0.5) is 0 Å². The number of carbonyl (C=O) groups excluding carboxylic acids is 2. The Morgan fingerprint density at radius 2 is 1.50 bits per heavy atom. The molecule has 3 rings (SSSR count). The van der Waals surface area contributed by atoms with Crippen molar-refractivity contribution in [3.8, 4) is 0 Å². The molecule has 0 aromatic heterocycles. The number of rotatable bonds is 12. The molecule has 0 saturated carbocycles. The summed E-state index contributed by atoms with van der Waals surface area (Å²) in [7, 11) is -1.34. The minimum Gasteiger partial charge on any atom is -0.405 e. The quantitative estimate of drug-likeness (QED) is 0.294. The topological polar surface area (TPSA) is 94.5 Å². The lowest BCUT2D eigenvalue weighted by atomic mass is 10.1. The lowest BCUT2D eigenvalue weighted by Crippen LogP contribution is -2.67. The second-order valence-electron chi connectivity index (χ2n) is 12.1. The number of hydrogen-bond acceptors (Lipinski definition) is 7. The summed E-state index contributed by atoms with van der Waals surface area (Å²) in [5, 5.41) is 13.6. The van der Waals surface area contributed by atoms with Gasteiger partial charge in [0.05, 0.1) is 18.8 Å². The molecule has 2 aromatic rings. The highest BCUT2D eigenvalue weighted by Crippen LogP contribution is 2.38. The number of allylic oxidation sites excluding steroid dienone is 1. The molecule has 6 atom stereocenters. The van der Waals surface area contributed by atoms with Crippen LogP contribution in [0.3, 0.4) is 0 Å². The van der Waals surface area contributed by atoms with Gasteiger partial charge in [0, 0.05) is 25.8 Å². The van der Waals surface area contributed by atoms with E-state index in [9.17, 15) is 14.7 Å². The second kappa shape index (κ2) is 14.2. The van der Waals surface area contributed by atoms with Gasteiger partial charge in [0.15, 0.2) is 12.0 Å². The number of amides is 1. The van der Waals surface area contributed by atoms with E-state index in [4.69, 9.17) is 18.6 Å². The highest BCUT2D eigenvalue weighted by Gasteiger charge is 2.53. The van der Waals surface area contributed by atoms with E-state index >= 15 is 0 Å². The van der Waals surface area contributed by atoms with E-state index in [1.165, 1.54) is 24.9 Å². The Morgan fingerprint density at radius 3 is 1.93 bits per heavy atom. The van der Waals surface area contributed by atoms with Crippen molar-refractivity contribution in [3.63, 3.8) is 0 Å². The number of methoxy groups -OCH3 is 1. The average Bonchev–Trinajstić information content (AvgIpc) is 3.25. The fourth-order valence-electron chi connectivity index (χ4n) is 5.39. The minimum absolute atomic E-state index is 0.0696. The molecular weight excluding hydrogens is 550 g/mol. The molecule has 2 aromatic carbocycles. The summed E-state index contributed by atoms with van der Waals surface area (Å²) in [6.45, 7) is 14.8. The zero-order chi connectivity index (χ0) is 31.2. The van der Waals surface area contributed by atoms with Crippen molar-refractivity contribution in [2.24, 2.45) is 0 Å². The van der Waals surface area contributed by atoms with Gasteiger partial charge in [-0.1, -0.05) is 81.4 Å². The molecule has 1 aliphatic rings. The SMILES string of the molecule is CO[C@@H](C)[C@H](C)O[C@H]1C(O)[C@@H](CO[Si](c2ccccc2)(c2ccccc2)C(C)(C)C)O[C@H]1N(/C=C(/C)C(C)=O)C(C)=O. The third kappa shape index (κ3) is 7.27. The van der Waals surface area contributed by atoms with Crippen molar-refractivity contribution < 1.29 is 33.3 Å². The van der Waals surface area contributed by atoms with E-state index in [0.717, 1.165) is 10.4 Å². The maximum atomic E-state index is 12.8. The van der Waals surface area contributed by atoms with E-state index in [0.29, 0.717) is 5.57 Å². The van der Waals surface area contributed by atoms with Crippen LogP contribution >= 0.6 is 0 Å². The van der Waals surface area contributed by atoms with Gasteiger partial charge in [-0.05, 0) is 43.1 Å². The van der Waals surface area contributed by atoms with Crippen LogP contribution in [-0.2, 0) is 28.2 Å². The summed E-state index contributed by atoms with van der Waals surface area (Å²) < 4.78 is 25.2. The Labute approximate surface area is 251 Å². The van der Waals surface area contributed by atoms with Gasteiger partial charge in [0.1, 0.15) is 18.3 Å². The predicted molar refractivity (Wildman–Crippen MR) is 166 cm³/mol. The van der Waals surface area contributed by atoms with Crippen LogP contribution < -0.4 is 10.4 Å². The van der Waals surface area contributed by atoms with E-state index in [2.05, 4.69) is 45.0 Å². The lowest BCUT2D eigenvalue weighted by Gasteiger charge is -2.43. The van der Waals surface area contributed by atoms with Crippen LogP contribution in [0.2, 0.25) is 5.04 Å². The van der Waals surface area contributed by atoms with Crippen LogP contribution in [0.25, 0.3) is 0 Å². The lowest BCUT2D eigenvalue weighted by molar-refractivity contribution is -0.157. The van der Waals surface area contributed by atoms with E-state index < -0.39 is 39.0 Å². The van der Waals surface area contributed by atoms with Gasteiger partial charge >= 0.3 is 0 Å². The summed E-state index contributed by atoms with van der Waals surface area (Å²) in [4.78, 5) is 26.2. The first-order chi connectivity index (χ1) is 19.7. The summed E-state index contributed by atoms with van der Waals surface area (Å²) >= 11 is 0. The number of hydrogen-bond donors (Lipinski definition) is 1. The van der Waals surface area contributed by atoms with Gasteiger partial charge in [-0.2, -0.15) is 0 Å². The standard InChI is InChI=1S/C33H47NO7Si/c1-22(23(2)35)20-34(26(5)36)32-31(40-25(4)24(3)38-9)30(37)29(41-32)21-39-42(33(6,7)8,27-16-12-10-13-17-27)28-18-14-11-15-19-28/h10-20,24-25,29-32,37H,21H2,1-9H3/b22-20-/t24-,25-,29+,30?,31-,32+/m0/s1. The number of Topliss-reactive ketones (excluding diaryl/α,β-unsaturated/α-hetero) is 1. The third-order valence-electron chi connectivity index (χ3n) is 8.12. The monoisotopic (exact) mass is 597 g/mol. The molecule has 0 radical (unpaired) electrons. The second-order valence-corrected chi connectivity index (χ2v) is 16.4. The third-order valence-corrected chi connectivity index (χ3v) is 13.1. The fourth-order valence-corrected chi connectivity index (χ4v) is 9.96. The first-order valence-corrected chi connectivity index (χ1v) is 16.4. The normalized spacial score (nSPS) is 23.0. The summed E-state index contributed by atoms with van der Waals surface area (Å²) in [6, 6.07) is 20.5. The van der Waals surface area contributed by atoms with Crippen molar-refractivity contribution in [2.45, 2.75) is 97.2 Å². The molecule has 1 heterocycles. The van der Waals surface area contributed by atoms with Gasteiger partial charge in [-0.25, -0.2) is 0 Å². The van der Waals surface area contributed by atoms with Crippen LogP contribution in [0.1, 0.15) is 55.4 Å². The van der Waals surface area contributed by atoms with Crippen molar-refractivity contribution >= 4 is 30.4 Å². The van der Waals surface area contributed by atoms with E-state index in [1.807, 2.05) is 50.2 Å². The molecule has 0 bridgehead atoms. The Morgan fingerprint density at radius 1 is 0.976 bits per heavy atom. The zero-order valence-electron chi connectivity index (χ0n) is 26.4. The highest BCUT2D eigenvalue weighted by atomic mass is 28.4. The fraction of sp³-hybridized carbons (Fsp3) is 0.515. The van der Waals surface area contributed by atoms with Crippen LogP contribution in [0.5, 0.6) is 0 Å². The van der Waals surface area contributed by atoms with E-state index in [1.54, 1.807) is 14.0 Å². The minimum atomic E-state index is -2.93. The number of ketones is 1. The molecule has 1 saturated heterocycles. The molecule has 230 valence electrons. The van der Waals surface area contributed by atoms with Crippen molar-refractivity contribution in [1.82, 2.24) is 4.90 Å². The molecule has 42 heavy (non-hydrogen) atoms. The summed E-state index contributed by atoms with van der Waals surface area (Å²) in [5.41, 5.74) is 0.382. The molecule has 9 heteroatoms. The first-order valence-electron chi connectivity index (χ1n) is 14.5. The van der Waals surface area contributed by atoms with Crippen molar-refractivity contribution in [1.29, 1.82) is 0 Å². The maximum Gasteiger partial charge on any atom is 0.261 e. The number of carbonyl (C=O) groups is 2. The smallest absolute Gasteiger partial charge is 0.261 e. The van der Waals surface area contributed by atoms with Gasteiger partial charge in [-0.15, -0.1) is 0 Å². The van der Waals surface area contributed by atoms with Gasteiger partial charge in [0.2, 0.25) is 5.91 Å². The van der Waals surface area contributed by atoms with Gasteiger partial charge < -0.3 is 23.7 Å². The number of benzene rings is 2. The molecule has 8 nitrogen and oxygen atoms in total. The Kier molecular flexibility index (Phi) is 11.4. The number of nitrogens with zero attached hydrogens (tertiary/aromatic N) is 1. The molecular formula is C33H47NO7Si. The molecule has 0 aliphatic carbocycles. The Balaban J connectivity index is 2.04. The molecule has 1 fully saturated rings. The number of ether oxygens (including phenoxy) is 3. The molecule has 1 aliphatic heterocycles. The maximum absolute atomic E-state index is 12.8. The number of aliphatic hydroxyl groups is 1. The van der Waals surface area contributed by atoms with Gasteiger partial charge in [0.25, 0.3) is 8.32 Å². The summed E-state index contributed by atoms with van der Waals surface area (Å²) in [5.74, 6) is -0.521. The predicted octanol–water partition coefficient (Wildman–Crippen LogP) is 3.80. The first kappa shape index (κ1) is 33.8. The Bertz CT molecular complexity index is 1170. The van der Waals surface area contributed by atoms with E-state index in [-0.39, 0.29) is 29.4 Å². The van der Waals surface area contributed by atoms with Crippen LogP contribution in [0, 0.1) is 0 Å². The summed E-state index contributed by atoms with van der Waals surface area (Å²) in [6.07, 6.45) is -3.04. The van der Waals surface area contributed by atoms with Crippen molar-refractivity contribution in [3.05, 3.63) is 72.4 Å². The molecule has 1 N–H and O–H groups in total. The highest BCUT2D eigenvalue weighted by molar-refractivity contribution is 6.99. The largest absolute Gasteiger partial charge is 0.405 e. The zero-order valence-corrected chi connectivity index (χ0v) is 27.4. The van der Waals surface area contributed by atoms with Gasteiger partial charge in [-0.3, -0.25) is 14.5 Å².